The van der Waals surface area contributed by atoms with E-state index >= 15 is 0 Å². The van der Waals surface area contributed by atoms with E-state index in [1.165, 1.54) is 17.8 Å². The first-order valence-corrected chi connectivity index (χ1v) is 12.2. The minimum atomic E-state index is -0.570. The summed E-state index contributed by atoms with van der Waals surface area (Å²) in [6.45, 7) is 4.86. The topological polar surface area (TPSA) is 58.6 Å². The van der Waals surface area contributed by atoms with Gasteiger partial charge < -0.3 is 15.0 Å². The molecule has 5 nitrogen and oxygen atoms in total. The van der Waals surface area contributed by atoms with E-state index in [4.69, 9.17) is 4.74 Å². The van der Waals surface area contributed by atoms with Crippen LogP contribution in [0.1, 0.15) is 44.2 Å². The fourth-order valence-corrected chi connectivity index (χ4v) is 4.24. The van der Waals surface area contributed by atoms with Crippen LogP contribution in [-0.4, -0.2) is 42.2 Å². The molecule has 7 heteroatoms. The molecule has 32 heavy (non-hydrogen) atoms. The zero-order valence-electron chi connectivity index (χ0n) is 19.1. The van der Waals surface area contributed by atoms with Crippen molar-refractivity contribution in [1.29, 1.82) is 0 Å². The van der Waals surface area contributed by atoms with Crippen LogP contribution in [-0.2, 0) is 21.9 Å². The normalized spacial score (nSPS) is 11.6. The van der Waals surface area contributed by atoms with Crippen molar-refractivity contribution in [2.75, 3.05) is 19.4 Å². The summed E-state index contributed by atoms with van der Waals surface area (Å²) in [5.74, 6) is 0.691. The number of nitrogens with one attached hydrogen (secondary N) is 1. The van der Waals surface area contributed by atoms with Crippen molar-refractivity contribution in [2.45, 2.75) is 51.4 Å². The maximum absolute atomic E-state index is 13.9. The van der Waals surface area contributed by atoms with Crippen molar-refractivity contribution in [3.63, 3.8) is 0 Å². The molecule has 2 amide bonds. The SMILES string of the molecule is CCCCNC(=O)C(CC)N(Cc1cccc(OC)c1)C(=O)CSCc1ccccc1F. The van der Waals surface area contributed by atoms with Crippen molar-refractivity contribution in [1.82, 2.24) is 10.2 Å². The van der Waals surface area contributed by atoms with Crippen LogP contribution >= 0.6 is 11.8 Å². The summed E-state index contributed by atoms with van der Waals surface area (Å²) in [4.78, 5) is 27.7. The first-order chi connectivity index (χ1) is 15.5. The number of unbranched alkanes of at least 4 members (excludes halogenated alkanes) is 1. The fraction of sp³-hybridized carbons (Fsp3) is 0.440. The lowest BCUT2D eigenvalue weighted by Crippen LogP contribution is -2.49. The number of ether oxygens (including phenoxy) is 1. The molecule has 2 rings (SSSR count). The molecular weight excluding hydrogens is 427 g/mol. The van der Waals surface area contributed by atoms with E-state index in [1.54, 1.807) is 30.2 Å². The van der Waals surface area contributed by atoms with Crippen LogP contribution in [0.2, 0.25) is 0 Å². The maximum Gasteiger partial charge on any atom is 0.242 e. The quantitative estimate of drug-likeness (QED) is 0.437. The van der Waals surface area contributed by atoms with Crippen molar-refractivity contribution < 1.29 is 18.7 Å². The Morgan fingerprint density at radius 1 is 1.16 bits per heavy atom. The highest BCUT2D eigenvalue weighted by molar-refractivity contribution is 7.99. The number of hydrogen-bond acceptors (Lipinski definition) is 4. The lowest BCUT2D eigenvalue weighted by Gasteiger charge is -2.30. The number of nitrogens with zero attached hydrogens (tertiary/aromatic N) is 1. The molecule has 0 heterocycles. The van der Waals surface area contributed by atoms with Crippen LogP contribution < -0.4 is 10.1 Å². The molecule has 1 N–H and O–H groups in total. The molecule has 0 aromatic heterocycles. The maximum atomic E-state index is 13.9. The Morgan fingerprint density at radius 2 is 1.94 bits per heavy atom. The molecule has 0 saturated carbocycles. The third-order valence-corrected chi connectivity index (χ3v) is 6.11. The number of amides is 2. The highest BCUT2D eigenvalue weighted by Crippen LogP contribution is 2.20. The van der Waals surface area contributed by atoms with Crippen LogP contribution in [0.4, 0.5) is 4.39 Å². The van der Waals surface area contributed by atoms with E-state index in [0.717, 1.165) is 18.4 Å². The average Bonchev–Trinajstić information content (AvgIpc) is 2.80. The molecule has 0 aliphatic carbocycles. The van der Waals surface area contributed by atoms with Gasteiger partial charge in [0, 0.05) is 18.8 Å². The number of methoxy groups -OCH3 is 1. The summed E-state index contributed by atoms with van der Waals surface area (Å²) in [6, 6.07) is 13.5. The van der Waals surface area contributed by atoms with Gasteiger partial charge in [0.1, 0.15) is 17.6 Å². The summed E-state index contributed by atoms with van der Waals surface area (Å²) >= 11 is 1.35. The van der Waals surface area contributed by atoms with E-state index < -0.39 is 6.04 Å². The minimum absolute atomic E-state index is 0.142. The van der Waals surface area contributed by atoms with Crippen molar-refractivity contribution in [2.24, 2.45) is 0 Å². The van der Waals surface area contributed by atoms with Gasteiger partial charge in [-0.2, -0.15) is 0 Å². The molecule has 1 unspecified atom stereocenters. The van der Waals surface area contributed by atoms with Crippen molar-refractivity contribution in [3.8, 4) is 5.75 Å². The van der Waals surface area contributed by atoms with Gasteiger partial charge in [-0.15, -0.1) is 11.8 Å². The van der Waals surface area contributed by atoms with Gasteiger partial charge in [0.2, 0.25) is 11.8 Å². The smallest absolute Gasteiger partial charge is 0.242 e. The fourth-order valence-electron chi connectivity index (χ4n) is 3.34. The number of benzene rings is 2. The first-order valence-electron chi connectivity index (χ1n) is 11.0. The summed E-state index contributed by atoms with van der Waals surface area (Å²) < 4.78 is 19.2. The predicted octanol–water partition coefficient (Wildman–Crippen LogP) is 4.79. The first kappa shape index (κ1) is 25.7. The summed E-state index contributed by atoms with van der Waals surface area (Å²) in [7, 11) is 1.59. The Labute approximate surface area is 194 Å². The average molecular weight is 461 g/mol. The highest BCUT2D eigenvalue weighted by Gasteiger charge is 2.28. The van der Waals surface area contributed by atoms with Crippen molar-refractivity contribution >= 4 is 23.6 Å². The van der Waals surface area contributed by atoms with Gasteiger partial charge in [-0.25, -0.2) is 4.39 Å². The molecule has 2 aromatic rings. The largest absolute Gasteiger partial charge is 0.497 e. The van der Waals surface area contributed by atoms with Crippen LogP contribution in [0.15, 0.2) is 48.5 Å². The van der Waals surface area contributed by atoms with Gasteiger partial charge >= 0.3 is 0 Å². The Morgan fingerprint density at radius 3 is 2.62 bits per heavy atom. The Bertz CT molecular complexity index is 878. The number of rotatable bonds is 13. The molecule has 0 aliphatic rings. The summed E-state index contributed by atoms with van der Waals surface area (Å²) in [6.07, 6.45) is 2.38. The number of hydrogen-bond donors (Lipinski definition) is 1. The zero-order valence-corrected chi connectivity index (χ0v) is 19.9. The predicted molar refractivity (Wildman–Crippen MR) is 128 cm³/mol. The van der Waals surface area contributed by atoms with Crippen molar-refractivity contribution in [3.05, 3.63) is 65.5 Å². The van der Waals surface area contributed by atoms with E-state index in [-0.39, 0.29) is 23.4 Å². The van der Waals surface area contributed by atoms with Crippen LogP contribution in [0.5, 0.6) is 5.75 Å². The lowest BCUT2D eigenvalue weighted by molar-refractivity contribution is -0.139. The van der Waals surface area contributed by atoms with E-state index in [9.17, 15) is 14.0 Å². The monoisotopic (exact) mass is 460 g/mol. The lowest BCUT2D eigenvalue weighted by atomic mass is 10.1. The Balaban J connectivity index is 2.14. The van der Waals surface area contributed by atoms with Gasteiger partial charge in [-0.3, -0.25) is 9.59 Å². The second kappa shape index (κ2) is 13.8. The molecule has 0 saturated heterocycles. The molecule has 1 atom stereocenters. The van der Waals surface area contributed by atoms with Gasteiger partial charge in [-0.1, -0.05) is 50.6 Å². The standard InChI is InChI=1S/C25H33FN2O3S/c1-4-6-14-27-25(30)23(5-2)28(16-19-10-9-12-21(15-19)31-3)24(29)18-32-17-20-11-7-8-13-22(20)26/h7-13,15,23H,4-6,14,16-18H2,1-3H3,(H,27,30). The van der Waals surface area contributed by atoms with Gasteiger partial charge in [0.05, 0.1) is 12.9 Å². The minimum Gasteiger partial charge on any atom is -0.497 e. The second-order valence-corrected chi connectivity index (χ2v) is 8.51. The molecule has 0 radical (unpaired) electrons. The van der Waals surface area contributed by atoms with Crippen LogP contribution in [0, 0.1) is 5.82 Å². The third-order valence-electron chi connectivity index (χ3n) is 5.14. The zero-order chi connectivity index (χ0) is 23.3. The summed E-state index contributed by atoms with van der Waals surface area (Å²) in [5, 5.41) is 2.95. The second-order valence-electron chi connectivity index (χ2n) is 7.53. The van der Waals surface area contributed by atoms with Crippen LogP contribution in [0.25, 0.3) is 0 Å². The number of thioether (sulfide) groups is 1. The summed E-state index contributed by atoms with van der Waals surface area (Å²) in [5.41, 5.74) is 1.45. The molecule has 0 bridgehead atoms. The number of carbonyl (C=O) groups excluding carboxylic acids is 2. The molecule has 0 fully saturated rings. The molecule has 174 valence electrons. The third kappa shape index (κ3) is 7.86. The van der Waals surface area contributed by atoms with Crippen LogP contribution in [0.3, 0.4) is 0 Å². The van der Waals surface area contributed by atoms with Gasteiger partial charge in [-0.05, 0) is 42.2 Å². The Kier molecular flexibility index (Phi) is 11.1. The van der Waals surface area contributed by atoms with Gasteiger partial charge in [0.25, 0.3) is 0 Å². The van der Waals surface area contributed by atoms with E-state index in [2.05, 4.69) is 12.2 Å². The highest BCUT2D eigenvalue weighted by atomic mass is 32.2. The van der Waals surface area contributed by atoms with E-state index in [1.807, 2.05) is 31.2 Å². The number of carbonyl (C=O) groups is 2. The molecule has 0 aliphatic heterocycles. The van der Waals surface area contributed by atoms with E-state index in [0.29, 0.717) is 36.6 Å². The number of halogens is 1. The molecule has 0 spiro atoms. The molecular formula is C25H33FN2O3S. The van der Waals surface area contributed by atoms with Gasteiger partial charge in [0.15, 0.2) is 0 Å². The molecule has 2 aromatic carbocycles. The Hall–Kier alpha value is -2.54.